The Morgan fingerprint density at radius 2 is 1.97 bits per heavy atom. The van der Waals surface area contributed by atoms with Crippen molar-refractivity contribution >= 4 is 17.7 Å². The molecule has 4 rings (SSSR count). The fraction of sp³-hybridized carbons (Fsp3) is 0.250. The van der Waals surface area contributed by atoms with Crippen LogP contribution in [-0.4, -0.2) is 43.1 Å². The first-order valence-corrected chi connectivity index (χ1v) is 8.74. The molecule has 1 fully saturated rings. The smallest absolute Gasteiger partial charge is 0.325 e. The van der Waals surface area contributed by atoms with Crippen LogP contribution in [0.15, 0.2) is 36.4 Å². The van der Waals surface area contributed by atoms with E-state index in [1.807, 2.05) is 0 Å². The molecule has 0 bridgehead atoms. The monoisotopic (exact) mass is 400 g/mol. The summed E-state index contributed by atoms with van der Waals surface area (Å²) in [5, 5.41) is 2.62. The Hall–Kier alpha value is -3.62. The molecule has 1 atom stereocenters. The Labute approximate surface area is 165 Å². The second kappa shape index (κ2) is 6.77. The Bertz CT molecular complexity index is 1040. The van der Waals surface area contributed by atoms with Gasteiger partial charge < -0.3 is 19.5 Å². The second-order valence-electron chi connectivity index (χ2n) is 6.78. The minimum Gasteiger partial charge on any atom is -0.496 e. The molecule has 0 unspecified atom stereocenters. The molecule has 0 radical (unpaired) electrons. The van der Waals surface area contributed by atoms with E-state index < -0.39 is 35.6 Å². The summed E-state index contributed by atoms with van der Waals surface area (Å²) in [6.45, 7) is 1.06. The number of hydrogen-bond donors (Lipinski definition) is 1. The molecule has 150 valence electrons. The summed E-state index contributed by atoms with van der Waals surface area (Å²) in [5.41, 5.74) is -0.951. The third-order valence-electron chi connectivity index (χ3n) is 4.99. The van der Waals surface area contributed by atoms with Gasteiger partial charge in [-0.3, -0.25) is 14.5 Å². The van der Waals surface area contributed by atoms with Crippen LogP contribution in [0.1, 0.15) is 22.8 Å². The molecular formula is C20H17FN2O6. The van der Waals surface area contributed by atoms with E-state index in [0.29, 0.717) is 17.1 Å². The van der Waals surface area contributed by atoms with Crippen molar-refractivity contribution in [2.75, 3.05) is 20.4 Å². The second-order valence-corrected chi connectivity index (χ2v) is 6.78. The quantitative estimate of drug-likeness (QED) is 0.611. The van der Waals surface area contributed by atoms with Gasteiger partial charge in [0, 0.05) is 0 Å². The number of nitrogens with one attached hydrogen (secondary N) is 1. The van der Waals surface area contributed by atoms with Gasteiger partial charge in [-0.1, -0.05) is 6.07 Å². The number of methoxy groups -OCH3 is 1. The van der Waals surface area contributed by atoms with Crippen molar-refractivity contribution < 1.29 is 33.0 Å². The number of imide groups is 1. The van der Waals surface area contributed by atoms with E-state index in [0.717, 1.165) is 17.0 Å². The van der Waals surface area contributed by atoms with Gasteiger partial charge in [-0.15, -0.1) is 0 Å². The highest BCUT2D eigenvalue weighted by Gasteiger charge is 2.50. The average molecular weight is 400 g/mol. The minimum atomic E-state index is -1.38. The summed E-state index contributed by atoms with van der Waals surface area (Å²) in [6, 6.07) is 7.66. The maximum absolute atomic E-state index is 13.6. The lowest BCUT2D eigenvalue weighted by Gasteiger charge is -2.22. The van der Waals surface area contributed by atoms with Crippen molar-refractivity contribution in [3.63, 3.8) is 0 Å². The molecule has 29 heavy (non-hydrogen) atoms. The van der Waals surface area contributed by atoms with Crippen molar-refractivity contribution in [2.24, 2.45) is 0 Å². The van der Waals surface area contributed by atoms with Crippen molar-refractivity contribution in [3.8, 4) is 17.2 Å². The zero-order valence-corrected chi connectivity index (χ0v) is 15.7. The van der Waals surface area contributed by atoms with E-state index in [9.17, 15) is 18.8 Å². The van der Waals surface area contributed by atoms with E-state index in [1.165, 1.54) is 20.1 Å². The van der Waals surface area contributed by atoms with Crippen molar-refractivity contribution in [1.29, 1.82) is 0 Å². The number of ketones is 1. The molecular weight excluding hydrogens is 383 g/mol. The van der Waals surface area contributed by atoms with Gasteiger partial charge in [-0.2, -0.15) is 0 Å². The number of ether oxygens (including phenoxy) is 3. The van der Waals surface area contributed by atoms with Gasteiger partial charge in [0.2, 0.25) is 6.79 Å². The van der Waals surface area contributed by atoms with Gasteiger partial charge in [0.1, 0.15) is 17.1 Å². The normalized spacial score (nSPS) is 20.0. The summed E-state index contributed by atoms with van der Waals surface area (Å²) < 4.78 is 29.2. The van der Waals surface area contributed by atoms with E-state index in [2.05, 4.69) is 5.32 Å². The number of amides is 3. The molecule has 1 N–H and O–H groups in total. The number of rotatable bonds is 5. The topological polar surface area (TPSA) is 94.2 Å². The third-order valence-corrected chi connectivity index (χ3v) is 4.99. The number of urea groups is 1. The highest BCUT2D eigenvalue weighted by molar-refractivity contribution is 6.11. The van der Waals surface area contributed by atoms with Crippen LogP contribution in [0, 0.1) is 5.82 Å². The minimum absolute atomic E-state index is 0.0511. The van der Waals surface area contributed by atoms with E-state index in [4.69, 9.17) is 14.2 Å². The SMILES string of the molecule is COc1ccc(F)cc1C(=O)CN1C(=O)N[C@](C)(c2ccc3c(c2)OCO3)C1=O. The highest BCUT2D eigenvalue weighted by Crippen LogP contribution is 2.38. The van der Waals surface area contributed by atoms with E-state index in [-0.39, 0.29) is 18.1 Å². The third kappa shape index (κ3) is 3.04. The van der Waals surface area contributed by atoms with Crippen LogP contribution >= 0.6 is 0 Å². The molecule has 9 heteroatoms. The molecule has 2 aromatic carbocycles. The van der Waals surface area contributed by atoms with Crippen molar-refractivity contribution in [1.82, 2.24) is 10.2 Å². The number of halogens is 1. The van der Waals surface area contributed by atoms with Crippen LogP contribution in [0.3, 0.4) is 0 Å². The highest BCUT2D eigenvalue weighted by atomic mass is 19.1. The van der Waals surface area contributed by atoms with Crippen molar-refractivity contribution in [2.45, 2.75) is 12.5 Å². The lowest BCUT2D eigenvalue weighted by molar-refractivity contribution is -0.130. The van der Waals surface area contributed by atoms with Gasteiger partial charge in [0.15, 0.2) is 17.3 Å². The summed E-state index contributed by atoms with van der Waals surface area (Å²) >= 11 is 0. The molecule has 2 aliphatic heterocycles. The first-order chi connectivity index (χ1) is 13.8. The maximum Gasteiger partial charge on any atom is 0.325 e. The predicted octanol–water partition coefficient (Wildman–Crippen LogP) is 2.21. The lowest BCUT2D eigenvalue weighted by atomic mass is 9.91. The van der Waals surface area contributed by atoms with Crippen LogP contribution in [-0.2, 0) is 10.3 Å². The first-order valence-electron chi connectivity index (χ1n) is 8.74. The lowest BCUT2D eigenvalue weighted by Crippen LogP contribution is -2.41. The van der Waals surface area contributed by atoms with Crippen LogP contribution in [0.4, 0.5) is 9.18 Å². The van der Waals surface area contributed by atoms with Crippen molar-refractivity contribution in [3.05, 3.63) is 53.3 Å². The molecule has 2 aromatic rings. The maximum atomic E-state index is 13.6. The van der Waals surface area contributed by atoms with Gasteiger partial charge in [-0.05, 0) is 42.8 Å². The standard InChI is InChI=1S/C20H17FN2O6/c1-20(11-3-5-16-17(7-11)29-10-28-16)18(25)23(19(26)22-20)9-14(24)13-8-12(21)4-6-15(13)27-2/h3-8H,9-10H2,1-2H3,(H,22,26)/t20-/m1/s1. The zero-order chi connectivity index (χ0) is 20.8. The molecule has 0 aliphatic carbocycles. The van der Waals surface area contributed by atoms with Gasteiger partial charge in [0.25, 0.3) is 5.91 Å². The molecule has 8 nitrogen and oxygen atoms in total. The molecule has 0 spiro atoms. The number of carbonyl (C=O) groups excluding carboxylic acids is 3. The summed E-state index contributed by atoms with van der Waals surface area (Å²) in [7, 11) is 1.34. The Morgan fingerprint density at radius 1 is 1.21 bits per heavy atom. The number of nitrogens with zero attached hydrogens (tertiary/aromatic N) is 1. The fourth-order valence-corrected chi connectivity index (χ4v) is 3.37. The molecule has 2 aliphatic rings. The molecule has 3 amide bonds. The first kappa shape index (κ1) is 18.7. The number of hydrogen-bond acceptors (Lipinski definition) is 6. The Kier molecular flexibility index (Phi) is 4.37. The summed E-state index contributed by atoms with van der Waals surface area (Å²) in [5.74, 6) is -0.701. The van der Waals surface area contributed by atoms with Gasteiger partial charge in [0.05, 0.1) is 19.2 Å². The van der Waals surface area contributed by atoms with Crippen LogP contribution in [0.2, 0.25) is 0 Å². The fourth-order valence-electron chi connectivity index (χ4n) is 3.37. The van der Waals surface area contributed by atoms with Crippen LogP contribution in [0.5, 0.6) is 17.2 Å². The number of fused-ring (bicyclic) bond motifs is 1. The van der Waals surface area contributed by atoms with Crippen LogP contribution in [0.25, 0.3) is 0 Å². The largest absolute Gasteiger partial charge is 0.496 e. The zero-order valence-electron chi connectivity index (χ0n) is 15.7. The van der Waals surface area contributed by atoms with Gasteiger partial charge in [-0.25, -0.2) is 9.18 Å². The van der Waals surface area contributed by atoms with Gasteiger partial charge >= 0.3 is 6.03 Å². The number of Topliss-reactive ketones (excluding diaryl/α,β-unsaturated/α-hetero) is 1. The predicted molar refractivity (Wildman–Crippen MR) is 97.4 cm³/mol. The molecule has 2 heterocycles. The summed E-state index contributed by atoms with van der Waals surface area (Å²) in [4.78, 5) is 39.0. The number of benzene rings is 2. The Morgan fingerprint density at radius 3 is 2.72 bits per heavy atom. The average Bonchev–Trinajstić information content (AvgIpc) is 3.26. The molecule has 0 saturated carbocycles. The molecule has 0 aromatic heterocycles. The van der Waals surface area contributed by atoms with E-state index in [1.54, 1.807) is 18.2 Å². The van der Waals surface area contributed by atoms with Crippen LogP contribution < -0.4 is 19.5 Å². The van der Waals surface area contributed by atoms with E-state index >= 15 is 0 Å². The molecule has 1 saturated heterocycles. The summed E-state index contributed by atoms with van der Waals surface area (Å²) in [6.07, 6.45) is 0. The Balaban J connectivity index is 1.60. The number of carbonyl (C=O) groups is 3.